The molecule has 6 heteroatoms. The van der Waals surface area contributed by atoms with E-state index in [0.717, 1.165) is 12.2 Å². The van der Waals surface area contributed by atoms with Crippen LogP contribution in [0.3, 0.4) is 0 Å². The predicted molar refractivity (Wildman–Crippen MR) is 97.6 cm³/mol. The quantitative estimate of drug-likeness (QED) is 0.764. The number of nitrogens with two attached hydrogens (primary N) is 1. The molecule has 0 amide bonds. The van der Waals surface area contributed by atoms with Gasteiger partial charge < -0.3 is 15.8 Å². The summed E-state index contributed by atoms with van der Waals surface area (Å²) in [5, 5.41) is 7.83. The highest BCUT2D eigenvalue weighted by Crippen LogP contribution is 2.38. The molecule has 0 spiro atoms. The van der Waals surface area contributed by atoms with Crippen molar-refractivity contribution in [1.29, 1.82) is 0 Å². The molecule has 3 aromatic rings. The Kier molecular flexibility index (Phi) is 4.01. The number of rotatable bonds is 4. The molecule has 2 atom stereocenters. The number of nitrogen functional groups attached to an aromatic ring is 1. The summed E-state index contributed by atoms with van der Waals surface area (Å²) in [6.45, 7) is 2.65. The van der Waals surface area contributed by atoms with Gasteiger partial charge in [-0.05, 0) is 36.6 Å². The third-order valence-corrected chi connectivity index (χ3v) is 4.48. The van der Waals surface area contributed by atoms with Crippen LogP contribution < -0.4 is 15.8 Å². The zero-order valence-electron chi connectivity index (χ0n) is 14.1. The lowest BCUT2D eigenvalue weighted by atomic mass is 9.93. The molecule has 1 aromatic heterocycles. The maximum absolute atomic E-state index is 5.84. The number of benzene rings is 2. The van der Waals surface area contributed by atoms with Crippen LogP contribution in [-0.4, -0.2) is 21.4 Å². The lowest BCUT2D eigenvalue weighted by molar-refractivity contribution is 0.340. The van der Waals surface area contributed by atoms with Crippen molar-refractivity contribution in [3.8, 4) is 5.75 Å². The first-order valence-corrected chi connectivity index (χ1v) is 8.51. The molecule has 2 aromatic carbocycles. The smallest absolute Gasteiger partial charge is 0.241 e. The second-order valence-electron chi connectivity index (χ2n) is 6.10. The van der Waals surface area contributed by atoms with Gasteiger partial charge >= 0.3 is 0 Å². The van der Waals surface area contributed by atoms with E-state index in [9.17, 15) is 0 Å². The number of nitrogens with one attached hydrogen (secondary N) is 1. The molecule has 0 radical (unpaired) electrons. The van der Waals surface area contributed by atoms with Crippen molar-refractivity contribution in [2.24, 2.45) is 0 Å². The van der Waals surface area contributed by atoms with E-state index >= 15 is 0 Å². The number of hydrogen-bond acceptors (Lipinski definition) is 5. The summed E-state index contributed by atoms with van der Waals surface area (Å²) in [6.07, 6.45) is 0.869. The molecule has 0 bridgehead atoms. The number of aromatic nitrogens is 3. The van der Waals surface area contributed by atoms with Crippen molar-refractivity contribution in [2.45, 2.75) is 25.4 Å². The maximum Gasteiger partial charge on any atom is 0.241 e. The Morgan fingerprint density at radius 2 is 1.88 bits per heavy atom. The van der Waals surface area contributed by atoms with Crippen LogP contribution in [0.4, 0.5) is 11.9 Å². The molecule has 0 aliphatic carbocycles. The monoisotopic (exact) mass is 335 g/mol. The van der Waals surface area contributed by atoms with Gasteiger partial charge in [-0.2, -0.15) is 4.98 Å². The van der Waals surface area contributed by atoms with Crippen molar-refractivity contribution in [1.82, 2.24) is 14.8 Å². The molecule has 6 nitrogen and oxygen atoms in total. The summed E-state index contributed by atoms with van der Waals surface area (Å²) in [4.78, 5) is 4.34. The van der Waals surface area contributed by atoms with Gasteiger partial charge in [0.15, 0.2) is 0 Å². The van der Waals surface area contributed by atoms with Crippen LogP contribution in [0.25, 0.3) is 0 Å². The molecule has 25 heavy (non-hydrogen) atoms. The number of nitrogens with zero attached hydrogens (tertiary/aromatic N) is 3. The van der Waals surface area contributed by atoms with E-state index in [1.54, 1.807) is 0 Å². The number of ether oxygens (including phenoxy) is 1. The maximum atomic E-state index is 5.84. The normalized spacial score (nSPS) is 19.1. The first-order chi connectivity index (χ1) is 12.2. The summed E-state index contributed by atoms with van der Waals surface area (Å²) in [7, 11) is 0. The van der Waals surface area contributed by atoms with Crippen LogP contribution in [-0.2, 0) is 0 Å². The fraction of sp³-hybridized carbons (Fsp3) is 0.263. The molecule has 0 unspecified atom stereocenters. The molecule has 0 saturated heterocycles. The molecular weight excluding hydrogens is 314 g/mol. The van der Waals surface area contributed by atoms with Gasteiger partial charge in [-0.25, -0.2) is 4.68 Å². The highest BCUT2D eigenvalue weighted by atomic mass is 16.5. The van der Waals surface area contributed by atoms with Crippen LogP contribution >= 0.6 is 0 Å². The predicted octanol–water partition coefficient (Wildman–Crippen LogP) is 3.41. The van der Waals surface area contributed by atoms with Gasteiger partial charge in [-0.15, -0.1) is 5.10 Å². The molecule has 0 fully saturated rings. The molecule has 3 N–H and O–H groups in total. The highest BCUT2D eigenvalue weighted by Gasteiger charge is 2.30. The Morgan fingerprint density at radius 3 is 2.60 bits per heavy atom. The molecule has 2 heterocycles. The zero-order valence-corrected chi connectivity index (χ0v) is 14.1. The number of fused-ring (bicyclic) bond motifs is 1. The first-order valence-electron chi connectivity index (χ1n) is 8.51. The van der Waals surface area contributed by atoms with E-state index in [1.165, 1.54) is 11.1 Å². The standard InChI is InChI=1S/C19H21N5O/c1-2-25-15-10-8-13(9-11-15)16-12-17(14-6-4-3-5-7-14)24-19(21-16)22-18(20)23-24/h3-11,16-17H,2,12H2,1H3,(H3,20,21,22,23)/t16-,17-/m1/s1. The molecule has 4 rings (SSSR count). The van der Waals surface area contributed by atoms with Crippen molar-refractivity contribution in [2.75, 3.05) is 17.7 Å². The van der Waals surface area contributed by atoms with Crippen molar-refractivity contribution in [3.63, 3.8) is 0 Å². The van der Waals surface area contributed by atoms with E-state index in [2.05, 4.69) is 39.7 Å². The number of anilines is 2. The van der Waals surface area contributed by atoms with Gasteiger partial charge in [0, 0.05) is 0 Å². The number of hydrogen-bond donors (Lipinski definition) is 2. The third-order valence-electron chi connectivity index (χ3n) is 4.48. The molecule has 128 valence electrons. The van der Waals surface area contributed by atoms with Gasteiger partial charge in [0.1, 0.15) is 5.75 Å². The minimum Gasteiger partial charge on any atom is -0.494 e. The Morgan fingerprint density at radius 1 is 1.12 bits per heavy atom. The lowest BCUT2D eigenvalue weighted by Crippen LogP contribution is -2.28. The minimum atomic E-state index is 0.0961. The summed E-state index contributed by atoms with van der Waals surface area (Å²) >= 11 is 0. The van der Waals surface area contributed by atoms with E-state index < -0.39 is 0 Å². The van der Waals surface area contributed by atoms with Gasteiger partial charge in [-0.1, -0.05) is 42.5 Å². The highest BCUT2D eigenvalue weighted by molar-refractivity contribution is 5.42. The summed E-state index contributed by atoms with van der Waals surface area (Å²) in [6, 6.07) is 18.8. The molecule has 1 aliphatic heterocycles. The molecule has 1 aliphatic rings. The summed E-state index contributed by atoms with van der Waals surface area (Å²) < 4.78 is 7.42. The average Bonchev–Trinajstić information content (AvgIpc) is 3.02. The molecule has 0 saturated carbocycles. The van der Waals surface area contributed by atoms with Gasteiger partial charge in [0.25, 0.3) is 0 Å². The average molecular weight is 335 g/mol. The third kappa shape index (κ3) is 3.03. The Balaban J connectivity index is 1.67. The van der Waals surface area contributed by atoms with Gasteiger partial charge in [-0.3, -0.25) is 0 Å². The molecular formula is C19H21N5O. The van der Waals surface area contributed by atoms with Crippen LogP contribution in [0.1, 0.15) is 36.6 Å². The van der Waals surface area contributed by atoms with E-state index in [0.29, 0.717) is 12.6 Å². The Bertz CT molecular complexity index is 844. The van der Waals surface area contributed by atoms with Gasteiger partial charge in [0.05, 0.1) is 18.7 Å². The second kappa shape index (κ2) is 6.47. The Hall–Kier alpha value is -3.02. The largest absolute Gasteiger partial charge is 0.494 e. The fourth-order valence-electron chi connectivity index (χ4n) is 3.33. The fourth-order valence-corrected chi connectivity index (χ4v) is 3.33. The van der Waals surface area contributed by atoms with Crippen molar-refractivity contribution in [3.05, 3.63) is 65.7 Å². The van der Waals surface area contributed by atoms with Crippen LogP contribution in [0.5, 0.6) is 5.75 Å². The Labute approximate surface area is 146 Å². The van der Waals surface area contributed by atoms with Crippen LogP contribution in [0.2, 0.25) is 0 Å². The minimum absolute atomic E-state index is 0.0961. The summed E-state index contributed by atoms with van der Waals surface area (Å²) in [5.74, 6) is 1.88. The lowest BCUT2D eigenvalue weighted by Gasteiger charge is -2.31. The van der Waals surface area contributed by atoms with E-state index in [4.69, 9.17) is 10.5 Å². The van der Waals surface area contributed by atoms with E-state index in [1.807, 2.05) is 41.9 Å². The van der Waals surface area contributed by atoms with E-state index in [-0.39, 0.29) is 18.0 Å². The summed E-state index contributed by atoms with van der Waals surface area (Å²) in [5.41, 5.74) is 8.23. The topological polar surface area (TPSA) is 78.0 Å². The van der Waals surface area contributed by atoms with Crippen molar-refractivity contribution >= 4 is 11.9 Å². The van der Waals surface area contributed by atoms with Crippen LogP contribution in [0, 0.1) is 0 Å². The SMILES string of the molecule is CCOc1ccc([C@H]2C[C@H](c3ccccc3)n3nc(N)nc3N2)cc1. The van der Waals surface area contributed by atoms with Crippen molar-refractivity contribution < 1.29 is 4.74 Å². The zero-order chi connectivity index (χ0) is 17.2. The van der Waals surface area contributed by atoms with Crippen LogP contribution in [0.15, 0.2) is 54.6 Å². The second-order valence-corrected chi connectivity index (χ2v) is 6.10. The first kappa shape index (κ1) is 15.5. The van der Waals surface area contributed by atoms with Gasteiger partial charge in [0.2, 0.25) is 11.9 Å².